The fourth-order valence-corrected chi connectivity index (χ4v) is 4.22. The third kappa shape index (κ3) is 5.70. The molecule has 2 amide bonds. The molecule has 1 aliphatic rings. The SMILES string of the molecule is CCOc1cc(C(=O)N2CCN(C(=O)Cc3cccs3)CC2)cc(OCC)c1OCC. The Kier molecular flexibility index (Phi) is 8.17. The number of nitrogens with zero attached hydrogens (tertiary/aromatic N) is 2. The van der Waals surface area contributed by atoms with Gasteiger partial charge in [0.1, 0.15) is 0 Å². The van der Waals surface area contributed by atoms with Gasteiger partial charge in [-0.15, -0.1) is 11.3 Å². The van der Waals surface area contributed by atoms with Crippen LogP contribution in [0.5, 0.6) is 17.2 Å². The van der Waals surface area contributed by atoms with Crippen LogP contribution in [0.25, 0.3) is 0 Å². The first kappa shape index (κ1) is 22.9. The molecule has 2 aromatic rings. The van der Waals surface area contributed by atoms with Gasteiger partial charge in [-0.05, 0) is 44.4 Å². The average Bonchev–Trinajstić information content (AvgIpc) is 3.28. The highest BCUT2D eigenvalue weighted by Crippen LogP contribution is 2.39. The zero-order chi connectivity index (χ0) is 22.2. The molecule has 0 unspecified atom stereocenters. The van der Waals surface area contributed by atoms with E-state index in [4.69, 9.17) is 14.2 Å². The van der Waals surface area contributed by atoms with Gasteiger partial charge in [-0.2, -0.15) is 0 Å². The summed E-state index contributed by atoms with van der Waals surface area (Å²) in [6, 6.07) is 7.36. The molecular weight excluding hydrogens is 416 g/mol. The Morgan fingerprint density at radius 2 is 1.48 bits per heavy atom. The highest BCUT2D eigenvalue weighted by atomic mass is 32.1. The van der Waals surface area contributed by atoms with Crippen molar-refractivity contribution in [2.45, 2.75) is 27.2 Å². The van der Waals surface area contributed by atoms with Crippen LogP contribution in [0, 0.1) is 0 Å². The fourth-order valence-electron chi connectivity index (χ4n) is 3.53. The van der Waals surface area contributed by atoms with E-state index in [1.54, 1.807) is 28.4 Å². The van der Waals surface area contributed by atoms with Crippen molar-refractivity contribution in [1.82, 2.24) is 9.80 Å². The molecule has 1 aromatic carbocycles. The van der Waals surface area contributed by atoms with Crippen molar-refractivity contribution < 1.29 is 23.8 Å². The van der Waals surface area contributed by atoms with Crippen LogP contribution >= 0.6 is 11.3 Å². The van der Waals surface area contributed by atoms with Gasteiger partial charge in [0.25, 0.3) is 5.91 Å². The smallest absolute Gasteiger partial charge is 0.254 e. The lowest BCUT2D eigenvalue weighted by atomic mass is 10.1. The number of hydrogen-bond donors (Lipinski definition) is 0. The van der Waals surface area contributed by atoms with Crippen molar-refractivity contribution >= 4 is 23.2 Å². The van der Waals surface area contributed by atoms with Crippen LogP contribution in [-0.4, -0.2) is 67.6 Å². The Hall–Kier alpha value is -2.74. The van der Waals surface area contributed by atoms with E-state index in [0.717, 1.165) is 4.88 Å². The van der Waals surface area contributed by atoms with Gasteiger partial charge in [-0.25, -0.2) is 0 Å². The molecule has 1 aromatic heterocycles. The van der Waals surface area contributed by atoms with E-state index in [0.29, 0.717) is 75.2 Å². The second kappa shape index (κ2) is 11.0. The number of carbonyl (C=O) groups excluding carboxylic acids is 2. The summed E-state index contributed by atoms with van der Waals surface area (Å²) in [6.07, 6.45) is 0.417. The van der Waals surface area contributed by atoms with Gasteiger partial charge in [0.2, 0.25) is 11.7 Å². The topological polar surface area (TPSA) is 68.3 Å². The summed E-state index contributed by atoms with van der Waals surface area (Å²) in [7, 11) is 0. The van der Waals surface area contributed by atoms with E-state index in [-0.39, 0.29) is 11.8 Å². The van der Waals surface area contributed by atoms with E-state index in [9.17, 15) is 9.59 Å². The summed E-state index contributed by atoms with van der Waals surface area (Å²) < 4.78 is 17.2. The molecule has 0 radical (unpaired) electrons. The summed E-state index contributed by atoms with van der Waals surface area (Å²) in [6.45, 7) is 9.09. The van der Waals surface area contributed by atoms with Gasteiger partial charge >= 0.3 is 0 Å². The first-order valence-electron chi connectivity index (χ1n) is 10.7. The molecule has 1 aliphatic heterocycles. The quantitative estimate of drug-likeness (QED) is 0.590. The van der Waals surface area contributed by atoms with Crippen molar-refractivity contribution in [3.05, 3.63) is 40.1 Å². The van der Waals surface area contributed by atoms with Crippen LogP contribution in [0.3, 0.4) is 0 Å². The van der Waals surface area contributed by atoms with Crippen LogP contribution in [0.1, 0.15) is 36.0 Å². The molecule has 0 aliphatic carbocycles. The second-order valence-corrected chi connectivity index (χ2v) is 8.06. The normalized spacial score (nSPS) is 13.8. The molecule has 168 valence electrons. The molecule has 0 atom stereocenters. The zero-order valence-electron chi connectivity index (χ0n) is 18.4. The molecule has 3 rings (SSSR count). The van der Waals surface area contributed by atoms with Gasteiger partial charge < -0.3 is 24.0 Å². The van der Waals surface area contributed by atoms with Gasteiger partial charge in [-0.3, -0.25) is 9.59 Å². The lowest BCUT2D eigenvalue weighted by molar-refractivity contribution is -0.131. The largest absolute Gasteiger partial charge is 0.490 e. The van der Waals surface area contributed by atoms with Crippen molar-refractivity contribution in [2.75, 3.05) is 46.0 Å². The van der Waals surface area contributed by atoms with Crippen LogP contribution in [0.4, 0.5) is 0 Å². The van der Waals surface area contributed by atoms with Crippen molar-refractivity contribution in [2.24, 2.45) is 0 Å². The molecule has 2 heterocycles. The number of thiophene rings is 1. The summed E-state index contributed by atoms with van der Waals surface area (Å²) in [4.78, 5) is 30.4. The summed E-state index contributed by atoms with van der Waals surface area (Å²) in [5, 5.41) is 1.98. The third-order valence-electron chi connectivity index (χ3n) is 4.98. The summed E-state index contributed by atoms with van der Waals surface area (Å²) >= 11 is 1.59. The van der Waals surface area contributed by atoms with E-state index in [1.807, 2.05) is 43.2 Å². The number of hydrogen-bond acceptors (Lipinski definition) is 6. The van der Waals surface area contributed by atoms with Gasteiger partial charge in [0, 0.05) is 36.6 Å². The molecule has 8 heteroatoms. The standard InChI is InChI=1S/C23H30N2O5S/c1-4-28-19-14-17(15-20(29-5-2)22(19)30-6-3)23(27)25-11-9-24(10-12-25)21(26)16-18-8-7-13-31-18/h7-8,13-15H,4-6,9-12,16H2,1-3H3. The minimum Gasteiger partial charge on any atom is -0.490 e. The predicted octanol–water partition coefficient (Wildman–Crippen LogP) is 3.47. The molecule has 0 N–H and O–H groups in total. The lowest BCUT2D eigenvalue weighted by Gasteiger charge is -2.35. The van der Waals surface area contributed by atoms with E-state index >= 15 is 0 Å². The highest BCUT2D eigenvalue weighted by Gasteiger charge is 2.27. The Bertz CT molecular complexity index is 849. The van der Waals surface area contributed by atoms with Crippen LogP contribution in [0.15, 0.2) is 29.6 Å². The number of ether oxygens (including phenoxy) is 3. The molecule has 1 fully saturated rings. The lowest BCUT2D eigenvalue weighted by Crippen LogP contribution is -2.51. The van der Waals surface area contributed by atoms with Crippen LogP contribution in [-0.2, 0) is 11.2 Å². The highest BCUT2D eigenvalue weighted by molar-refractivity contribution is 7.10. The minimum absolute atomic E-state index is 0.102. The number of piperazine rings is 1. The van der Waals surface area contributed by atoms with Crippen molar-refractivity contribution in [1.29, 1.82) is 0 Å². The number of carbonyl (C=O) groups is 2. The maximum Gasteiger partial charge on any atom is 0.254 e. The molecule has 0 bridgehead atoms. The maximum absolute atomic E-state index is 13.2. The fraction of sp³-hybridized carbons (Fsp3) is 0.478. The molecule has 0 saturated carbocycles. The van der Waals surface area contributed by atoms with E-state index < -0.39 is 0 Å². The summed E-state index contributed by atoms with van der Waals surface area (Å²) in [5.74, 6) is 1.53. The van der Waals surface area contributed by atoms with Crippen LogP contribution in [0.2, 0.25) is 0 Å². The zero-order valence-corrected chi connectivity index (χ0v) is 19.2. The maximum atomic E-state index is 13.2. The Morgan fingerprint density at radius 3 is 2.00 bits per heavy atom. The minimum atomic E-state index is -0.102. The first-order valence-corrected chi connectivity index (χ1v) is 11.6. The van der Waals surface area contributed by atoms with Crippen molar-refractivity contribution in [3.63, 3.8) is 0 Å². The van der Waals surface area contributed by atoms with Crippen LogP contribution < -0.4 is 14.2 Å². The molecule has 1 saturated heterocycles. The molecule has 7 nitrogen and oxygen atoms in total. The average molecular weight is 447 g/mol. The second-order valence-electron chi connectivity index (χ2n) is 7.03. The Balaban J connectivity index is 1.70. The monoisotopic (exact) mass is 446 g/mol. The predicted molar refractivity (Wildman–Crippen MR) is 120 cm³/mol. The van der Waals surface area contributed by atoms with Gasteiger partial charge in [0.05, 0.1) is 26.2 Å². The third-order valence-corrected chi connectivity index (χ3v) is 5.86. The molecule has 0 spiro atoms. The Morgan fingerprint density at radius 1 is 0.903 bits per heavy atom. The number of amides is 2. The number of benzene rings is 1. The summed E-state index contributed by atoms with van der Waals surface area (Å²) in [5.41, 5.74) is 0.494. The molecular formula is C23H30N2O5S. The van der Waals surface area contributed by atoms with E-state index in [2.05, 4.69) is 0 Å². The van der Waals surface area contributed by atoms with Gasteiger partial charge in [-0.1, -0.05) is 6.07 Å². The van der Waals surface area contributed by atoms with Gasteiger partial charge in [0.15, 0.2) is 11.5 Å². The number of rotatable bonds is 9. The first-order chi connectivity index (χ1) is 15.1. The Labute approximate surface area is 187 Å². The molecule has 31 heavy (non-hydrogen) atoms. The van der Waals surface area contributed by atoms with E-state index in [1.165, 1.54) is 0 Å². The van der Waals surface area contributed by atoms with Crippen molar-refractivity contribution in [3.8, 4) is 17.2 Å².